The van der Waals surface area contributed by atoms with Crippen LogP contribution in [0.15, 0.2) is 48.1 Å². The van der Waals surface area contributed by atoms with Gasteiger partial charge < -0.3 is 38.1 Å². The molecule has 15 heteroatoms. The minimum Gasteiger partial charge on any atom is -0.464 e. The van der Waals surface area contributed by atoms with E-state index in [-0.39, 0.29) is 17.2 Å². The summed E-state index contributed by atoms with van der Waals surface area (Å²) in [7, 11) is -1.28. The van der Waals surface area contributed by atoms with E-state index in [4.69, 9.17) is 28.1 Å². The third-order valence-electron chi connectivity index (χ3n) is 8.44. The molecule has 0 aliphatic carbocycles. The fourth-order valence-corrected chi connectivity index (χ4v) is 6.32. The van der Waals surface area contributed by atoms with Crippen molar-refractivity contribution >= 4 is 26.2 Å². The van der Waals surface area contributed by atoms with Crippen molar-refractivity contribution in [3.05, 3.63) is 59.0 Å². The van der Waals surface area contributed by atoms with Crippen LogP contribution < -0.4 is 0 Å². The molecule has 1 aromatic rings. The number of amides is 1. The van der Waals surface area contributed by atoms with E-state index in [1.807, 2.05) is 33.9 Å². The van der Waals surface area contributed by atoms with Gasteiger partial charge in [0.15, 0.2) is 32.5 Å². The minimum absolute atomic E-state index is 0.0439. The van der Waals surface area contributed by atoms with Gasteiger partial charge in [0.25, 0.3) is 0 Å². The summed E-state index contributed by atoms with van der Waals surface area (Å²) in [6.45, 7) is 18.8. The van der Waals surface area contributed by atoms with Crippen LogP contribution in [0.5, 0.6) is 0 Å². The van der Waals surface area contributed by atoms with Gasteiger partial charge in [-0.3, -0.25) is 4.79 Å². The molecule has 2 heterocycles. The van der Waals surface area contributed by atoms with Gasteiger partial charge in [0, 0.05) is 12.0 Å². The molecule has 0 aromatic heterocycles. The van der Waals surface area contributed by atoms with E-state index in [2.05, 4.69) is 16.6 Å². The second-order valence-electron chi connectivity index (χ2n) is 13.2. The molecule has 0 spiro atoms. The van der Waals surface area contributed by atoms with Gasteiger partial charge >= 0.3 is 11.9 Å². The Morgan fingerprint density at radius 2 is 1.85 bits per heavy atom. The van der Waals surface area contributed by atoms with Gasteiger partial charge in [0.2, 0.25) is 5.91 Å². The number of fused-ring (bicyclic) bond motifs is 1. The van der Waals surface area contributed by atoms with E-state index < -0.39 is 80.8 Å². The first-order valence-corrected chi connectivity index (χ1v) is 18.0. The summed E-state index contributed by atoms with van der Waals surface area (Å²) in [5.74, 6) is -3.65. The number of hydrogen-bond acceptors (Lipinski definition) is 11. The first-order chi connectivity index (χ1) is 21.4. The Morgan fingerprint density at radius 3 is 2.39 bits per heavy atom. The quantitative estimate of drug-likeness (QED) is 0.0807. The summed E-state index contributed by atoms with van der Waals surface area (Å²) in [6.07, 6.45) is -5.75. The number of aliphatic hydroxyl groups is 1. The fraction of sp³-hybridized carbons (Fsp3) is 0.645. The number of carbonyl (C=O) groups excluding carboxylic acids is 3. The lowest BCUT2D eigenvalue weighted by molar-refractivity contribution is -0.226. The molecule has 1 aromatic carbocycles. The second kappa shape index (κ2) is 14.6. The highest BCUT2D eigenvalue weighted by molar-refractivity contribution is 6.74. The Hall–Kier alpha value is -3.30. The highest BCUT2D eigenvalue weighted by Gasteiger charge is 2.60. The van der Waals surface area contributed by atoms with Crippen LogP contribution in [-0.2, 0) is 37.7 Å². The van der Waals surface area contributed by atoms with Crippen LogP contribution in [0.4, 0.5) is 0 Å². The van der Waals surface area contributed by atoms with Crippen molar-refractivity contribution in [1.29, 1.82) is 0 Å². The molecule has 0 bridgehead atoms. The fourth-order valence-electron chi connectivity index (χ4n) is 5.02. The molecule has 46 heavy (non-hydrogen) atoms. The number of azide groups is 1. The lowest BCUT2D eigenvalue weighted by atomic mass is 9.98. The maximum absolute atomic E-state index is 14.0. The van der Waals surface area contributed by atoms with Crippen molar-refractivity contribution in [1.82, 2.24) is 4.90 Å². The predicted octanol–water partition coefficient (Wildman–Crippen LogP) is 4.09. The number of carbonyl (C=O) groups is 3. The van der Waals surface area contributed by atoms with Crippen LogP contribution >= 0.6 is 0 Å². The smallest absolute Gasteiger partial charge is 0.338 e. The predicted molar refractivity (Wildman–Crippen MR) is 169 cm³/mol. The zero-order valence-corrected chi connectivity index (χ0v) is 28.9. The summed E-state index contributed by atoms with van der Waals surface area (Å²) in [4.78, 5) is 43.8. The SMILES string of the molecule is C=CC(OC(=O)c1ccccc1)C(C(=O)OCC)N(C)C(=O)[C@@H](N=[N+]=[N-])[C@H](O)[C@H]1O[C@@H]2OC(C)(C)O[C@@H]2[C@@H]1O[Si](C)(C)C(C)(C)C. The molecule has 0 radical (unpaired) electrons. The number of likely N-dealkylation sites (N-methyl/N-ethyl adjacent to an activating group) is 1. The van der Waals surface area contributed by atoms with Gasteiger partial charge in [-0.25, -0.2) is 9.59 Å². The topological polar surface area (TPSA) is 179 Å². The molecule has 8 atom stereocenters. The average molecular weight is 663 g/mol. The van der Waals surface area contributed by atoms with Gasteiger partial charge in [0.05, 0.1) is 12.2 Å². The van der Waals surface area contributed by atoms with Crippen LogP contribution in [0.1, 0.15) is 51.9 Å². The van der Waals surface area contributed by atoms with Crippen LogP contribution in [0.25, 0.3) is 10.4 Å². The Morgan fingerprint density at radius 1 is 1.22 bits per heavy atom. The molecule has 2 aliphatic rings. The molecule has 1 amide bonds. The Balaban J connectivity index is 1.96. The lowest BCUT2D eigenvalue weighted by Crippen LogP contribution is -2.58. The van der Waals surface area contributed by atoms with Crippen molar-refractivity contribution in [2.24, 2.45) is 5.11 Å². The zero-order valence-electron chi connectivity index (χ0n) is 27.9. The van der Waals surface area contributed by atoms with E-state index >= 15 is 0 Å². The van der Waals surface area contributed by atoms with E-state index in [1.165, 1.54) is 25.3 Å². The molecule has 2 fully saturated rings. The number of benzene rings is 1. The Kier molecular flexibility index (Phi) is 11.8. The number of rotatable bonds is 13. The van der Waals surface area contributed by atoms with Crippen LogP contribution in [0.2, 0.25) is 18.1 Å². The van der Waals surface area contributed by atoms with Gasteiger partial charge in [-0.1, -0.05) is 50.7 Å². The molecule has 1 N–H and O–H groups in total. The van der Waals surface area contributed by atoms with E-state index in [0.29, 0.717) is 0 Å². The summed E-state index contributed by atoms with van der Waals surface area (Å²) in [5.41, 5.74) is 9.67. The third kappa shape index (κ3) is 8.15. The summed E-state index contributed by atoms with van der Waals surface area (Å²) in [5, 5.41) is 15.1. The largest absolute Gasteiger partial charge is 0.464 e. The molecule has 14 nitrogen and oxygen atoms in total. The van der Waals surface area contributed by atoms with Gasteiger partial charge in [-0.05, 0) is 62.6 Å². The standard InChI is InChI=1S/C31H46N4O10Si/c1-11-19(41-27(38)18-16-14-13-15-17-18)21(28(39)40-12-2)35(8)26(37)20(33-34-32)22(36)23-24(45-46(9,10)30(3,4)5)25-29(42-23)44-31(6,7)43-25/h11,13-17,19-25,29,36H,1,12H2,2-10H3/t19?,20-,21?,22-,23+,24+,25+,29+/m0/s1. The molecule has 2 aliphatic heterocycles. The van der Waals surface area contributed by atoms with Crippen molar-refractivity contribution < 1.29 is 47.6 Å². The first-order valence-electron chi connectivity index (χ1n) is 15.1. The van der Waals surface area contributed by atoms with E-state index in [0.717, 1.165) is 4.90 Å². The highest BCUT2D eigenvalue weighted by Crippen LogP contribution is 2.45. The number of hydrogen-bond donors (Lipinski definition) is 1. The molecule has 2 unspecified atom stereocenters. The number of ether oxygens (including phenoxy) is 5. The maximum atomic E-state index is 14.0. The summed E-state index contributed by atoms with van der Waals surface area (Å²) in [6, 6.07) is 4.71. The normalized spacial score (nSPS) is 24.8. The Bertz CT molecular complexity index is 1310. The van der Waals surface area contributed by atoms with Crippen molar-refractivity contribution in [2.45, 2.75) is 114 Å². The molecule has 0 saturated carbocycles. The van der Waals surface area contributed by atoms with Crippen molar-refractivity contribution in [2.75, 3.05) is 13.7 Å². The van der Waals surface area contributed by atoms with Crippen LogP contribution in [0.3, 0.4) is 0 Å². The minimum atomic E-state index is -2.52. The Labute approximate surface area is 270 Å². The molecule has 254 valence electrons. The maximum Gasteiger partial charge on any atom is 0.338 e. The monoisotopic (exact) mass is 662 g/mol. The first kappa shape index (κ1) is 37.2. The molecule has 3 rings (SSSR count). The molecular formula is C31H46N4O10Si. The average Bonchev–Trinajstić information content (AvgIpc) is 3.46. The zero-order chi connectivity index (χ0) is 34.6. The van der Waals surface area contributed by atoms with Gasteiger partial charge in [-0.2, -0.15) is 0 Å². The van der Waals surface area contributed by atoms with E-state index in [9.17, 15) is 25.0 Å². The molecular weight excluding hydrogens is 616 g/mol. The van der Waals surface area contributed by atoms with Crippen LogP contribution in [-0.4, -0.2) is 105 Å². The second-order valence-corrected chi connectivity index (χ2v) is 17.9. The lowest BCUT2D eigenvalue weighted by Gasteiger charge is -2.41. The number of aliphatic hydroxyl groups excluding tert-OH is 1. The highest BCUT2D eigenvalue weighted by atomic mass is 28.4. The summed E-state index contributed by atoms with van der Waals surface area (Å²) < 4.78 is 35.6. The van der Waals surface area contributed by atoms with Crippen molar-refractivity contribution in [3.8, 4) is 0 Å². The summed E-state index contributed by atoms with van der Waals surface area (Å²) >= 11 is 0. The van der Waals surface area contributed by atoms with Gasteiger partial charge in [-0.15, -0.1) is 0 Å². The number of esters is 2. The number of nitrogens with zero attached hydrogens (tertiary/aromatic N) is 4. The van der Waals surface area contributed by atoms with E-state index in [1.54, 1.807) is 39.0 Å². The molecule has 2 saturated heterocycles. The van der Waals surface area contributed by atoms with Crippen LogP contribution in [0, 0.1) is 0 Å². The van der Waals surface area contributed by atoms with Crippen molar-refractivity contribution in [3.63, 3.8) is 0 Å². The third-order valence-corrected chi connectivity index (χ3v) is 12.9. The van der Waals surface area contributed by atoms with Gasteiger partial charge in [0.1, 0.15) is 30.5 Å².